The summed E-state index contributed by atoms with van der Waals surface area (Å²) >= 11 is 0. The third kappa shape index (κ3) is 3.87. The Morgan fingerprint density at radius 2 is 2.22 bits per heavy atom. The number of aromatic nitrogens is 2. The quantitative estimate of drug-likeness (QED) is 0.795. The molecule has 1 aliphatic heterocycles. The van der Waals surface area contributed by atoms with E-state index in [0.29, 0.717) is 24.0 Å². The van der Waals surface area contributed by atoms with E-state index < -0.39 is 0 Å². The van der Waals surface area contributed by atoms with E-state index in [1.165, 1.54) is 6.07 Å². The number of rotatable bonds is 4. The minimum Gasteiger partial charge on any atom is -0.368 e. The number of nitrogens with zero attached hydrogens (tertiary/aromatic N) is 3. The first-order chi connectivity index (χ1) is 11.1. The van der Waals surface area contributed by atoms with Gasteiger partial charge >= 0.3 is 0 Å². The van der Waals surface area contributed by atoms with Crippen LogP contribution in [0.5, 0.6) is 0 Å². The van der Waals surface area contributed by atoms with Crippen LogP contribution in [-0.2, 0) is 6.54 Å². The molecule has 122 valence electrons. The Morgan fingerprint density at radius 3 is 3.00 bits per heavy atom. The van der Waals surface area contributed by atoms with Gasteiger partial charge in [-0.25, -0.2) is 4.39 Å². The van der Waals surface area contributed by atoms with Gasteiger partial charge in [0, 0.05) is 43.9 Å². The Balaban J connectivity index is 1.74. The van der Waals surface area contributed by atoms with E-state index in [1.54, 1.807) is 12.1 Å². The molecule has 2 heterocycles. The highest BCUT2D eigenvalue weighted by Gasteiger charge is 2.18. The van der Waals surface area contributed by atoms with Crippen molar-refractivity contribution in [2.45, 2.75) is 19.5 Å². The van der Waals surface area contributed by atoms with Crippen LogP contribution in [0.1, 0.15) is 12.5 Å². The van der Waals surface area contributed by atoms with Gasteiger partial charge in [-0.15, -0.1) is 0 Å². The molecule has 0 aliphatic carbocycles. The number of nitrogens with two attached hydrogens (primary N) is 1. The largest absolute Gasteiger partial charge is 0.368 e. The molecule has 1 saturated heterocycles. The van der Waals surface area contributed by atoms with Crippen LogP contribution >= 0.6 is 0 Å². The standard InChI is InChI=1S/C16H21FN6/c1-11-10-23(7-6-19-11)15-8-14(21-16(18)22-15)20-9-12-4-2-3-5-13(12)17/h2-5,8,11,19H,6-7,9-10H2,1H3,(H3,18,20,21,22)/t11-/m1/s1. The number of anilines is 3. The molecule has 0 bridgehead atoms. The first-order valence-electron chi connectivity index (χ1n) is 7.72. The highest BCUT2D eigenvalue weighted by Crippen LogP contribution is 2.19. The van der Waals surface area contributed by atoms with Crippen molar-refractivity contribution in [3.63, 3.8) is 0 Å². The number of hydrogen-bond donors (Lipinski definition) is 3. The van der Waals surface area contributed by atoms with Crippen molar-refractivity contribution in [2.75, 3.05) is 35.6 Å². The number of nitrogen functional groups attached to an aromatic ring is 1. The lowest BCUT2D eigenvalue weighted by Crippen LogP contribution is -2.49. The Bertz CT molecular complexity index is 677. The summed E-state index contributed by atoms with van der Waals surface area (Å²) in [5.74, 6) is 1.37. The van der Waals surface area contributed by atoms with Crippen LogP contribution in [0, 0.1) is 5.82 Å². The van der Waals surface area contributed by atoms with Crippen molar-refractivity contribution in [1.82, 2.24) is 15.3 Å². The highest BCUT2D eigenvalue weighted by atomic mass is 19.1. The van der Waals surface area contributed by atoms with Gasteiger partial charge in [0.25, 0.3) is 0 Å². The van der Waals surface area contributed by atoms with E-state index in [0.717, 1.165) is 25.5 Å². The SMILES string of the molecule is C[C@@H]1CN(c2cc(NCc3ccccc3F)nc(N)n2)CCN1. The fraction of sp³-hybridized carbons (Fsp3) is 0.375. The Morgan fingerprint density at radius 1 is 1.39 bits per heavy atom. The lowest BCUT2D eigenvalue weighted by molar-refractivity contribution is 0.482. The third-order valence-corrected chi connectivity index (χ3v) is 3.84. The third-order valence-electron chi connectivity index (χ3n) is 3.84. The summed E-state index contributed by atoms with van der Waals surface area (Å²) < 4.78 is 13.7. The zero-order valence-electron chi connectivity index (χ0n) is 13.1. The van der Waals surface area contributed by atoms with Crippen LogP contribution < -0.4 is 21.3 Å². The van der Waals surface area contributed by atoms with E-state index in [2.05, 4.69) is 32.4 Å². The van der Waals surface area contributed by atoms with E-state index in [4.69, 9.17) is 5.73 Å². The monoisotopic (exact) mass is 316 g/mol. The summed E-state index contributed by atoms with van der Waals surface area (Å²) in [6, 6.07) is 8.92. The maximum absolute atomic E-state index is 13.7. The van der Waals surface area contributed by atoms with Gasteiger partial charge in [-0.2, -0.15) is 9.97 Å². The van der Waals surface area contributed by atoms with E-state index in [1.807, 2.05) is 12.1 Å². The second-order valence-corrected chi connectivity index (χ2v) is 5.72. The molecule has 7 heteroatoms. The summed E-state index contributed by atoms with van der Waals surface area (Å²) in [4.78, 5) is 10.7. The van der Waals surface area contributed by atoms with Gasteiger partial charge in [-0.3, -0.25) is 0 Å². The van der Waals surface area contributed by atoms with Crippen molar-refractivity contribution >= 4 is 17.6 Å². The molecule has 0 spiro atoms. The number of halogens is 1. The molecule has 0 unspecified atom stereocenters. The first kappa shape index (κ1) is 15.5. The second-order valence-electron chi connectivity index (χ2n) is 5.72. The number of benzene rings is 1. The second kappa shape index (κ2) is 6.78. The first-order valence-corrected chi connectivity index (χ1v) is 7.72. The van der Waals surface area contributed by atoms with Gasteiger partial charge in [-0.1, -0.05) is 18.2 Å². The Hall–Kier alpha value is -2.41. The van der Waals surface area contributed by atoms with E-state index in [-0.39, 0.29) is 11.8 Å². The average molecular weight is 316 g/mol. The van der Waals surface area contributed by atoms with Crippen LogP contribution in [0.4, 0.5) is 22.0 Å². The van der Waals surface area contributed by atoms with Crippen molar-refractivity contribution in [2.24, 2.45) is 0 Å². The molecule has 1 fully saturated rings. The molecule has 0 saturated carbocycles. The maximum atomic E-state index is 13.7. The molecule has 1 aromatic heterocycles. The highest BCUT2D eigenvalue weighted by molar-refractivity contribution is 5.53. The van der Waals surface area contributed by atoms with Gasteiger partial charge in [-0.05, 0) is 13.0 Å². The smallest absolute Gasteiger partial charge is 0.223 e. The van der Waals surface area contributed by atoms with Crippen LogP contribution in [0.15, 0.2) is 30.3 Å². The Kier molecular flexibility index (Phi) is 4.57. The Labute approximate surface area is 134 Å². The molecule has 1 aromatic carbocycles. The van der Waals surface area contributed by atoms with Gasteiger partial charge in [0.2, 0.25) is 5.95 Å². The lowest BCUT2D eigenvalue weighted by Gasteiger charge is -2.32. The van der Waals surface area contributed by atoms with Crippen molar-refractivity contribution in [1.29, 1.82) is 0 Å². The molecule has 3 rings (SSSR count). The molecule has 23 heavy (non-hydrogen) atoms. The van der Waals surface area contributed by atoms with Gasteiger partial charge in [0.15, 0.2) is 0 Å². The molecule has 1 atom stereocenters. The van der Waals surface area contributed by atoms with Crippen molar-refractivity contribution in [3.05, 3.63) is 41.7 Å². The molecule has 0 radical (unpaired) electrons. The average Bonchev–Trinajstić information content (AvgIpc) is 2.54. The van der Waals surface area contributed by atoms with Gasteiger partial charge in [0.05, 0.1) is 0 Å². The number of nitrogens with one attached hydrogen (secondary N) is 2. The predicted molar refractivity (Wildman–Crippen MR) is 89.8 cm³/mol. The zero-order chi connectivity index (χ0) is 16.2. The van der Waals surface area contributed by atoms with E-state index in [9.17, 15) is 4.39 Å². The molecule has 6 nitrogen and oxygen atoms in total. The lowest BCUT2D eigenvalue weighted by atomic mass is 10.2. The van der Waals surface area contributed by atoms with Crippen LogP contribution in [0.3, 0.4) is 0 Å². The molecule has 1 aliphatic rings. The molecule has 2 aromatic rings. The molecule has 0 amide bonds. The van der Waals surface area contributed by atoms with Gasteiger partial charge < -0.3 is 21.3 Å². The number of piperazine rings is 1. The fourth-order valence-corrected chi connectivity index (χ4v) is 2.67. The predicted octanol–water partition coefficient (Wildman–Crippen LogP) is 1.61. The van der Waals surface area contributed by atoms with Crippen LogP contribution in [-0.4, -0.2) is 35.6 Å². The summed E-state index contributed by atoms with van der Waals surface area (Å²) in [7, 11) is 0. The van der Waals surface area contributed by atoms with Crippen molar-refractivity contribution < 1.29 is 4.39 Å². The summed E-state index contributed by atoms with van der Waals surface area (Å²) in [5, 5.41) is 6.51. The maximum Gasteiger partial charge on any atom is 0.223 e. The van der Waals surface area contributed by atoms with E-state index >= 15 is 0 Å². The van der Waals surface area contributed by atoms with Crippen LogP contribution in [0.2, 0.25) is 0 Å². The molecule has 4 N–H and O–H groups in total. The topological polar surface area (TPSA) is 79.1 Å². The minimum atomic E-state index is -0.238. The summed E-state index contributed by atoms with van der Waals surface area (Å²) in [5.41, 5.74) is 6.41. The molecular formula is C16H21FN6. The number of hydrogen-bond acceptors (Lipinski definition) is 6. The normalized spacial score (nSPS) is 18.0. The van der Waals surface area contributed by atoms with Gasteiger partial charge in [0.1, 0.15) is 17.5 Å². The minimum absolute atomic E-state index is 0.213. The fourth-order valence-electron chi connectivity index (χ4n) is 2.67. The summed E-state index contributed by atoms with van der Waals surface area (Å²) in [6.07, 6.45) is 0. The molecular weight excluding hydrogens is 295 g/mol. The zero-order valence-corrected chi connectivity index (χ0v) is 13.1. The summed E-state index contributed by atoms with van der Waals surface area (Å²) in [6.45, 7) is 5.12. The van der Waals surface area contributed by atoms with Crippen molar-refractivity contribution in [3.8, 4) is 0 Å². The van der Waals surface area contributed by atoms with Crippen LogP contribution in [0.25, 0.3) is 0 Å².